The number of benzene rings is 2. The largest absolute Gasteiger partial charge is 0.330 e. The standard InChI is InChI=1S/C21H23N3OS2/c1-4-14(2)16-9-11-17(12-10-16)19(25)13-26-21-24-23-20(27-21)22-18-8-6-5-7-15(18)3/h5-12,14H,4,13H2,1-3H3,(H,22,23)/t14-/m0/s1. The number of aryl methyl sites for hydroxylation is 1. The number of anilines is 2. The van der Waals surface area contributed by atoms with E-state index in [1.54, 1.807) is 0 Å². The number of nitrogens with one attached hydrogen (secondary N) is 1. The van der Waals surface area contributed by atoms with Crippen LogP contribution in [0.1, 0.15) is 47.7 Å². The van der Waals surface area contributed by atoms with Gasteiger partial charge < -0.3 is 5.32 Å². The lowest BCUT2D eigenvalue weighted by atomic mass is 9.97. The summed E-state index contributed by atoms with van der Waals surface area (Å²) in [5.74, 6) is 0.991. The number of Topliss-reactive ketones (excluding diaryl/α,β-unsaturated/α-hetero) is 1. The molecule has 0 bridgehead atoms. The highest BCUT2D eigenvalue weighted by molar-refractivity contribution is 8.01. The van der Waals surface area contributed by atoms with Gasteiger partial charge in [0.05, 0.1) is 5.75 Å². The molecule has 0 radical (unpaired) electrons. The van der Waals surface area contributed by atoms with Gasteiger partial charge in [-0.1, -0.05) is 79.4 Å². The fourth-order valence-corrected chi connectivity index (χ4v) is 4.25. The molecule has 1 atom stereocenters. The summed E-state index contributed by atoms with van der Waals surface area (Å²) in [7, 11) is 0. The third-order valence-corrected chi connectivity index (χ3v) is 6.51. The van der Waals surface area contributed by atoms with Gasteiger partial charge in [0.15, 0.2) is 10.1 Å². The molecule has 0 aliphatic carbocycles. The molecular weight excluding hydrogens is 374 g/mol. The van der Waals surface area contributed by atoms with Crippen molar-refractivity contribution < 1.29 is 4.79 Å². The van der Waals surface area contributed by atoms with Gasteiger partial charge in [-0.05, 0) is 36.5 Å². The summed E-state index contributed by atoms with van der Waals surface area (Å²) >= 11 is 2.89. The molecule has 0 spiro atoms. The molecule has 0 saturated heterocycles. The highest BCUT2D eigenvalue weighted by Gasteiger charge is 2.11. The van der Waals surface area contributed by atoms with Gasteiger partial charge in [0, 0.05) is 11.3 Å². The third-order valence-electron chi connectivity index (χ3n) is 4.53. The van der Waals surface area contributed by atoms with Crippen LogP contribution >= 0.6 is 23.1 Å². The van der Waals surface area contributed by atoms with Crippen LogP contribution in [0.2, 0.25) is 0 Å². The van der Waals surface area contributed by atoms with E-state index in [9.17, 15) is 4.79 Å². The molecule has 6 heteroatoms. The first-order chi connectivity index (χ1) is 13.1. The average molecular weight is 398 g/mol. The second-order valence-corrected chi connectivity index (χ2v) is 8.66. The van der Waals surface area contributed by atoms with E-state index in [1.807, 2.05) is 43.3 Å². The predicted molar refractivity (Wildman–Crippen MR) is 115 cm³/mol. The Hall–Kier alpha value is -2.18. The molecule has 1 aromatic heterocycles. The van der Waals surface area contributed by atoms with Crippen molar-refractivity contribution in [2.75, 3.05) is 11.1 Å². The number of rotatable bonds is 8. The predicted octanol–water partition coefficient (Wildman–Crippen LogP) is 6.08. The number of hydrogen-bond donors (Lipinski definition) is 1. The van der Waals surface area contributed by atoms with Crippen molar-refractivity contribution in [1.29, 1.82) is 0 Å². The van der Waals surface area contributed by atoms with E-state index in [2.05, 4.69) is 41.5 Å². The Morgan fingerprint density at radius 2 is 1.89 bits per heavy atom. The Labute approximate surface area is 168 Å². The van der Waals surface area contributed by atoms with Gasteiger partial charge >= 0.3 is 0 Å². The van der Waals surface area contributed by atoms with E-state index >= 15 is 0 Å². The number of nitrogens with zero attached hydrogens (tertiary/aromatic N) is 2. The number of aromatic nitrogens is 2. The van der Waals surface area contributed by atoms with Crippen LogP contribution in [0.3, 0.4) is 0 Å². The molecule has 4 nitrogen and oxygen atoms in total. The lowest BCUT2D eigenvalue weighted by Gasteiger charge is -2.09. The van der Waals surface area contributed by atoms with Crippen LogP contribution in [-0.2, 0) is 0 Å². The van der Waals surface area contributed by atoms with E-state index in [4.69, 9.17) is 0 Å². The molecule has 0 fully saturated rings. The summed E-state index contributed by atoms with van der Waals surface area (Å²) in [5, 5.41) is 12.4. The van der Waals surface area contributed by atoms with Crippen LogP contribution in [0.25, 0.3) is 0 Å². The van der Waals surface area contributed by atoms with E-state index in [1.165, 1.54) is 28.7 Å². The van der Waals surface area contributed by atoms with Gasteiger partial charge in [0.2, 0.25) is 5.13 Å². The minimum absolute atomic E-state index is 0.110. The molecule has 140 valence electrons. The number of carbonyl (C=O) groups is 1. The fourth-order valence-electron chi connectivity index (χ4n) is 2.59. The number of ketones is 1. The molecule has 0 amide bonds. The molecular formula is C21H23N3OS2. The Balaban J connectivity index is 1.56. The topological polar surface area (TPSA) is 54.9 Å². The first-order valence-electron chi connectivity index (χ1n) is 8.99. The number of para-hydroxylation sites is 1. The Morgan fingerprint density at radius 3 is 2.59 bits per heavy atom. The fraction of sp³-hybridized carbons (Fsp3) is 0.286. The minimum atomic E-state index is 0.110. The number of hydrogen-bond acceptors (Lipinski definition) is 6. The molecule has 1 heterocycles. The molecule has 3 rings (SSSR count). The molecule has 0 aliphatic rings. The molecule has 27 heavy (non-hydrogen) atoms. The molecule has 0 unspecified atom stereocenters. The SMILES string of the molecule is CC[C@H](C)c1ccc(C(=O)CSc2nnc(Nc3ccccc3C)s2)cc1. The second-order valence-electron chi connectivity index (χ2n) is 6.46. The highest BCUT2D eigenvalue weighted by Crippen LogP contribution is 2.29. The smallest absolute Gasteiger partial charge is 0.210 e. The minimum Gasteiger partial charge on any atom is -0.330 e. The van der Waals surface area contributed by atoms with Crippen LogP contribution in [0.5, 0.6) is 0 Å². The Kier molecular flexibility index (Phi) is 6.63. The van der Waals surface area contributed by atoms with E-state index < -0.39 is 0 Å². The Bertz CT molecular complexity index is 906. The molecule has 0 aliphatic heterocycles. The lowest BCUT2D eigenvalue weighted by Crippen LogP contribution is -2.02. The zero-order valence-corrected chi connectivity index (χ0v) is 17.4. The normalized spacial score (nSPS) is 12.0. The summed E-state index contributed by atoms with van der Waals surface area (Å²) < 4.78 is 0.788. The highest BCUT2D eigenvalue weighted by atomic mass is 32.2. The number of thioether (sulfide) groups is 1. The number of carbonyl (C=O) groups excluding carboxylic acids is 1. The maximum Gasteiger partial charge on any atom is 0.210 e. The van der Waals surface area contributed by atoms with Gasteiger partial charge in [-0.15, -0.1) is 10.2 Å². The molecule has 2 aromatic carbocycles. The van der Waals surface area contributed by atoms with Crippen LogP contribution in [-0.4, -0.2) is 21.7 Å². The molecule has 3 aromatic rings. The van der Waals surface area contributed by atoms with Crippen LogP contribution in [0, 0.1) is 6.92 Å². The van der Waals surface area contributed by atoms with Crippen LogP contribution < -0.4 is 5.32 Å². The maximum atomic E-state index is 12.4. The first kappa shape index (κ1) is 19.6. The molecule has 1 N–H and O–H groups in total. The Morgan fingerprint density at radius 1 is 1.15 bits per heavy atom. The van der Waals surface area contributed by atoms with Gasteiger partial charge in [-0.25, -0.2) is 0 Å². The van der Waals surface area contributed by atoms with E-state index in [0.717, 1.165) is 32.7 Å². The van der Waals surface area contributed by atoms with Gasteiger partial charge in [-0.3, -0.25) is 4.79 Å². The van der Waals surface area contributed by atoms with Crippen LogP contribution in [0.4, 0.5) is 10.8 Å². The monoisotopic (exact) mass is 397 g/mol. The zero-order valence-electron chi connectivity index (χ0n) is 15.7. The van der Waals surface area contributed by atoms with Gasteiger partial charge in [0.25, 0.3) is 0 Å². The summed E-state index contributed by atoms with van der Waals surface area (Å²) in [4.78, 5) is 12.4. The van der Waals surface area contributed by atoms with E-state index in [-0.39, 0.29) is 5.78 Å². The van der Waals surface area contributed by atoms with Gasteiger partial charge in [-0.2, -0.15) is 0 Å². The zero-order chi connectivity index (χ0) is 19.2. The lowest BCUT2D eigenvalue weighted by molar-refractivity contribution is 0.102. The summed E-state index contributed by atoms with van der Waals surface area (Å²) in [6.07, 6.45) is 1.10. The van der Waals surface area contributed by atoms with Gasteiger partial charge in [0.1, 0.15) is 0 Å². The average Bonchev–Trinajstić information content (AvgIpc) is 3.15. The quantitative estimate of drug-likeness (QED) is 0.369. The van der Waals surface area contributed by atoms with E-state index in [0.29, 0.717) is 11.7 Å². The van der Waals surface area contributed by atoms with Crippen LogP contribution in [0.15, 0.2) is 52.9 Å². The summed E-state index contributed by atoms with van der Waals surface area (Å²) in [6, 6.07) is 16.0. The van der Waals surface area contributed by atoms with Crippen molar-refractivity contribution in [3.63, 3.8) is 0 Å². The molecule has 0 saturated carbocycles. The second kappa shape index (κ2) is 9.15. The summed E-state index contributed by atoms with van der Waals surface area (Å²) in [6.45, 7) is 6.42. The van der Waals surface area contributed by atoms with Crippen molar-refractivity contribution in [3.05, 3.63) is 65.2 Å². The van der Waals surface area contributed by atoms with Crippen molar-refractivity contribution in [2.45, 2.75) is 37.4 Å². The van der Waals surface area contributed by atoms with Crippen molar-refractivity contribution in [1.82, 2.24) is 10.2 Å². The van der Waals surface area contributed by atoms with Crippen molar-refractivity contribution >= 4 is 39.7 Å². The summed E-state index contributed by atoms with van der Waals surface area (Å²) in [5.41, 5.74) is 4.19. The van der Waals surface area contributed by atoms with Crippen molar-refractivity contribution in [2.24, 2.45) is 0 Å². The maximum absolute atomic E-state index is 12.4. The third kappa shape index (κ3) is 5.17. The van der Waals surface area contributed by atoms with Crippen molar-refractivity contribution in [3.8, 4) is 0 Å². The first-order valence-corrected chi connectivity index (χ1v) is 10.8.